The fourth-order valence-corrected chi connectivity index (χ4v) is 5.34. The summed E-state index contributed by atoms with van der Waals surface area (Å²) in [4.78, 5) is 29.1. The van der Waals surface area contributed by atoms with E-state index in [4.69, 9.17) is 5.73 Å². The van der Waals surface area contributed by atoms with E-state index in [0.717, 1.165) is 28.8 Å². The lowest BCUT2D eigenvalue weighted by Crippen LogP contribution is -2.41. The quantitative estimate of drug-likeness (QED) is 0.485. The summed E-state index contributed by atoms with van der Waals surface area (Å²) in [5.74, 6) is -0.0307. The van der Waals surface area contributed by atoms with Crippen LogP contribution in [-0.4, -0.2) is 35.8 Å². The Kier molecular flexibility index (Phi) is 5.86. The predicted octanol–water partition coefficient (Wildman–Crippen LogP) is 3.75. The highest BCUT2D eigenvalue weighted by atomic mass is 32.1. The van der Waals surface area contributed by atoms with Crippen LogP contribution in [0.3, 0.4) is 0 Å². The number of carbonyl (C=O) groups is 2. The van der Waals surface area contributed by atoms with Crippen molar-refractivity contribution in [3.05, 3.63) is 81.3 Å². The molecule has 4 N–H and O–H groups in total. The van der Waals surface area contributed by atoms with Crippen molar-refractivity contribution in [2.24, 2.45) is 0 Å². The van der Waals surface area contributed by atoms with E-state index in [1.54, 1.807) is 12.1 Å². The Morgan fingerprint density at radius 3 is 2.73 bits per heavy atom. The molecule has 1 fully saturated rings. The van der Waals surface area contributed by atoms with E-state index in [0.29, 0.717) is 35.3 Å². The summed E-state index contributed by atoms with van der Waals surface area (Å²) in [6.07, 6.45) is 1.70. The highest BCUT2D eigenvalue weighted by Gasteiger charge is 2.38. The highest BCUT2D eigenvalue weighted by molar-refractivity contribution is 7.14. The first-order valence-electron chi connectivity index (χ1n) is 11.0. The maximum Gasteiger partial charge on any atom is 0.265 e. The van der Waals surface area contributed by atoms with E-state index in [1.807, 2.05) is 35.2 Å². The molecule has 6 nitrogen and oxygen atoms in total. The first kappa shape index (κ1) is 21.6. The van der Waals surface area contributed by atoms with E-state index < -0.39 is 0 Å². The zero-order valence-electron chi connectivity index (χ0n) is 18.0. The normalized spacial score (nSPS) is 19.1. The van der Waals surface area contributed by atoms with E-state index in [1.165, 1.54) is 23.5 Å². The summed E-state index contributed by atoms with van der Waals surface area (Å²) in [7, 11) is 0. The molecule has 33 heavy (non-hydrogen) atoms. The van der Waals surface area contributed by atoms with Gasteiger partial charge in [0.05, 0.1) is 22.8 Å². The average molecular weight is 465 g/mol. The van der Waals surface area contributed by atoms with Gasteiger partial charge in [-0.25, -0.2) is 4.39 Å². The molecule has 1 aliphatic heterocycles. The lowest BCUT2D eigenvalue weighted by Gasteiger charge is -2.27. The smallest absolute Gasteiger partial charge is 0.265 e. The monoisotopic (exact) mass is 464 g/mol. The van der Waals surface area contributed by atoms with Crippen LogP contribution in [-0.2, 0) is 17.8 Å². The van der Waals surface area contributed by atoms with Gasteiger partial charge in [-0.05, 0) is 54.3 Å². The zero-order valence-corrected chi connectivity index (χ0v) is 18.8. The zero-order chi connectivity index (χ0) is 22.9. The Hall–Kier alpha value is -3.23. The molecule has 1 saturated carbocycles. The Morgan fingerprint density at radius 2 is 1.94 bits per heavy atom. The van der Waals surface area contributed by atoms with E-state index in [9.17, 15) is 14.0 Å². The minimum absolute atomic E-state index is 0.0552. The number of nitrogens with one attached hydrogen (secondary N) is 2. The maximum absolute atomic E-state index is 13.1. The standard InChI is InChI=1S/C25H25FN4O2S/c26-17-7-5-15(6-8-17)18-12-21(18)28-13-24(31)30-10-9-22-16(14-30)11-23(33-22)25(32)29-20-4-2-1-3-19(20)27/h1-8,11,18,21,28H,9-10,12-14,27H2,(H,29,32). The van der Waals surface area contributed by atoms with Gasteiger partial charge in [0.1, 0.15) is 5.82 Å². The fourth-order valence-electron chi connectivity index (χ4n) is 4.28. The van der Waals surface area contributed by atoms with Crippen LogP contribution in [0.5, 0.6) is 0 Å². The van der Waals surface area contributed by atoms with Gasteiger partial charge in [0.15, 0.2) is 0 Å². The molecule has 0 spiro atoms. The largest absolute Gasteiger partial charge is 0.397 e. The number of nitrogens with two attached hydrogens (primary N) is 1. The van der Waals surface area contributed by atoms with Crippen LogP contribution in [0.25, 0.3) is 0 Å². The molecule has 2 unspecified atom stereocenters. The molecule has 2 atom stereocenters. The molecule has 0 bridgehead atoms. The highest BCUT2D eigenvalue weighted by Crippen LogP contribution is 2.40. The molecule has 0 saturated heterocycles. The lowest BCUT2D eigenvalue weighted by molar-refractivity contribution is -0.131. The minimum Gasteiger partial charge on any atom is -0.397 e. The van der Waals surface area contributed by atoms with Gasteiger partial charge in [0.2, 0.25) is 5.91 Å². The number of amides is 2. The van der Waals surface area contributed by atoms with Crippen molar-refractivity contribution < 1.29 is 14.0 Å². The number of nitrogens with zero attached hydrogens (tertiary/aromatic N) is 1. The van der Waals surface area contributed by atoms with Crippen molar-refractivity contribution in [3.8, 4) is 0 Å². The van der Waals surface area contributed by atoms with Crippen molar-refractivity contribution in [2.75, 3.05) is 24.1 Å². The first-order valence-corrected chi connectivity index (χ1v) is 11.8. The molecule has 2 amide bonds. The Bertz CT molecular complexity index is 1190. The SMILES string of the molecule is Nc1ccccc1NC(=O)c1cc2c(s1)CCN(C(=O)CNC1CC1c1ccc(F)cc1)C2. The fraction of sp³-hybridized carbons (Fsp3) is 0.280. The van der Waals surface area contributed by atoms with Crippen LogP contribution in [0.4, 0.5) is 15.8 Å². The van der Waals surface area contributed by atoms with E-state index in [2.05, 4.69) is 10.6 Å². The molecule has 1 aliphatic carbocycles. The summed E-state index contributed by atoms with van der Waals surface area (Å²) < 4.78 is 13.1. The average Bonchev–Trinajstić information content (AvgIpc) is 3.46. The first-order chi connectivity index (χ1) is 16.0. The molecule has 5 rings (SSSR count). The van der Waals surface area contributed by atoms with Crippen molar-refractivity contribution in [1.82, 2.24) is 10.2 Å². The van der Waals surface area contributed by atoms with Crippen LogP contribution in [0.1, 0.15) is 38.0 Å². The number of thiophene rings is 1. The topological polar surface area (TPSA) is 87.5 Å². The number of para-hydroxylation sites is 2. The third-order valence-corrected chi connectivity index (χ3v) is 7.49. The van der Waals surface area contributed by atoms with Crippen molar-refractivity contribution in [2.45, 2.75) is 31.3 Å². The van der Waals surface area contributed by atoms with Crippen LogP contribution < -0.4 is 16.4 Å². The van der Waals surface area contributed by atoms with Gasteiger partial charge in [-0.2, -0.15) is 0 Å². The number of benzene rings is 2. The molecular weight excluding hydrogens is 439 g/mol. The van der Waals surface area contributed by atoms with Gasteiger partial charge in [0, 0.05) is 29.9 Å². The third-order valence-electron chi connectivity index (χ3n) is 6.26. The number of nitrogen functional groups attached to an aromatic ring is 1. The van der Waals surface area contributed by atoms with Gasteiger partial charge in [-0.3, -0.25) is 9.59 Å². The second kappa shape index (κ2) is 8.96. The maximum atomic E-state index is 13.1. The Labute approximate surface area is 195 Å². The number of anilines is 2. The van der Waals surface area contributed by atoms with Gasteiger partial charge in [-0.1, -0.05) is 24.3 Å². The van der Waals surface area contributed by atoms with Crippen LogP contribution in [0.15, 0.2) is 54.6 Å². The van der Waals surface area contributed by atoms with Gasteiger partial charge < -0.3 is 21.3 Å². The summed E-state index contributed by atoms with van der Waals surface area (Å²) in [6, 6.07) is 15.9. The lowest BCUT2D eigenvalue weighted by atomic mass is 10.1. The molecule has 0 radical (unpaired) electrons. The Morgan fingerprint density at radius 1 is 1.15 bits per heavy atom. The number of rotatable bonds is 6. The molecule has 2 heterocycles. The van der Waals surface area contributed by atoms with Crippen molar-refractivity contribution >= 4 is 34.5 Å². The number of hydrogen-bond donors (Lipinski definition) is 3. The second-order valence-electron chi connectivity index (χ2n) is 8.55. The van der Waals surface area contributed by atoms with Crippen molar-refractivity contribution in [3.63, 3.8) is 0 Å². The summed E-state index contributed by atoms with van der Waals surface area (Å²) in [5.41, 5.74) is 9.17. The Balaban J connectivity index is 1.15. The molecule has 170 valence electrons. The van der Waals surface area contributed by atoms with E-state index in [-0.39, 0.29) is 30.2 Å². The molecule has 2 aromatic carbocycles. The minimum atomic E-state index is -0.234. The number of fused-ring (bicyclic) bond motifs is 1. The van der Waals surface area contributed by atoms with E-state index >= 15 is 0 Å². The molecule has 1 aromatic heterocycles. The van der Waals surface area contributed by atoms with Gasteiger partial charge >= 0.3 is 0 Å². The van der Waals surface area contributed by atoms with Gasteiger partial charge in [0.25, 0.3) is 5.91 Å². The molecule has 3 aromatic rings. The number of carbonyl (C=O) groups excluding carboxylic acids is 2. The number of halogens is 1. The summed E-state index contributed by atoms with van der Waals surface area (Å²) in [6.45, 7) is 1.44. The van der Waals surface area contributed by atoms with Crippen LogP contribution in [0.2, 0.25) is 0 Å². The van der Waals surface area contributed by atoms with Crippen LogP contribution >= 0.6 is 11.3 Å². The van der Waals surface area contributed by atoms with Crippen LogP contribution in [0, 0.1) is 5.82 Å². The summed E-state index contributed by atoms with van der Waals surface area (Å²) in [5, 5.41) is 6.20. The number of hydrogen-bond acceptors (Lipinski definition) is 5. The second-order valence-corrected chi connectivity index (χ2v) is 9.68. The summed E-state index contributed by atoms with van der Waals surface area (Å²) >= 11 is 1.48. The van der Waals surface area contributed by atoms with Crippen molar-refractivity contribution in [1.29, 1.82) is 0 Å². The predicted molar refractivity (Wildman–Crippen MR) is 128 cm³/mol. The molecular formula is C25H25FN4O2S. The van der Waals surface area contributed by atoms with Gasteiger partial charge in [-0.15, -0.1) is 11.3 Å². The molecule has 2 aliphatic rings. The molecule has 8 heteroatoms. The third kappa shape index (κ3) is 4.77.